The van der Waals surface area contributed by atoms with E-state index in [1.807, 2.05) is 0 Å². The number of pyridine rings is 1. The summed E-state index contributed by atoms with van der Waals surface area (Å²) in [5, 5.41) is 0. The van der Waals surface area contributed by atoms with Gasteiger partial charge in [0.2, 0.25) is 0 Å². The van der Waals surface area contributed by atoms with Crippen LogP contribution < -0.4 is 4.74 Å². The smallest absolute Gasteiger partial charge is 0.256 e. The summed E-state index contributed by atoms with van der Waals surface area (Å²) >= 11 is 3.33. The molecule has 1 saturated heterocycles. The molecule has 3 heterocycles. The van der Waals surface area contributed by atoms with Crippen molar-refractivity contribution in [3.05, 3.63) is 57.3 Å². The molecule has 4 rings (SSSR count). The summed E-state index contributed by atoms with van der Waals surface area (Å²) in [6.45, 7) is 1.59. The van der Waals surface area contributed by atoms with Gasteiger partial charge in [0.1, 0.15) is 11.9 Å². The topological polar surface area (TPSA) is 51.7 Å². The highest BCUT2D eigenvalue weighted by Gasteiger charge is 2.28. The van der Waals surface area contributed by atoms with E-state index in [4.69, 9.17) is 9.47 Å². The number of halogens is 3. The molecule has 0 saturated carbocycles. The summed E-state index contributed by atoms with van der Waals surface area (Å²) < 4.78 is 40.3. The van der Waals surface area contributed by atoms with Gasteiger partial charge in [0.15, 0.2) is 11.6 Å². The van der Waals surface area contributed by atoms with Crippen molar-refractivity contribution in [3.8, 4) is 5.75 Å². The van der Waals surface area contributed by atoms with Crippen LogP contribution in [0, 0.1) is 11.6 Å². The van der Waals surface area contributed by atoms with Crippen LogP contribution in [0.25, 0.3) is 0 Å². The molecule has 5 nitrogen and oxygen atoms in total. The molecule has 1 fully saturated rings. The minimum atomic E-state index is -0.754. The van der Waals surface area contributed by atoms with Gasteiger partial charge in [-0.3, -0.25) is 9.78 Å². The largest absolute Gasteiger partial charge is 0.487 e. The third-order valence-electron chi connectivity index (χ3n) is 4.97. The molecule has 2 aromatic rings. The number of carbonyl (C=O) groups excluding carboxylic acids is 1. The van der Waals surface area contributed by atoms with Gasteiger partial charge in [-0.15, -0.1) is 0 Å². The predicted octanol–water partition coefficient (Wildman–Crippen LogP) is 3.88. The predicted molar refractivity (Wildman–Crippen MR) is 101 cm³/mol. The summed E-state index contributed by atoms with van der Waals surface area (Å²) in [6.07, 6.45) is 3.34. The van der Waals surface area contributed by atoms with E-state index in [9.17, 15) is 13.6 Å². The third-order valence-corrected chi connectivity index (χ3v) is 5.41. The lowest BCUT2D eigenvalue weighted by molar-refractivity contribution is 0.0232. The van der Waals surface area contributed by atoms with E-state index in [1.54, 1.807) is 17.2 Å². The second-order valence-corrected chi connectivity index (χ2v) is 7.85. The van der Waals surface area contributed by atoms with Crippen LogP contribution in [0.15, 0.2) is 28.9 Å². The van der Waals surface area contributed by atoms with Gasteiger partial charge in [0.05, 0.1) is 24.5 Å². The number of hydrogen-bond acceptors (Lipinski definition) is 4. The summed E-state index contributed by atoms with van der Waals surface area (Å²) in [4.78, 5) is 18.7. The molecule has 148 valence electrons. The third kappa shape index (κ3) is 4.03. The molecule has 0 aliphatic carbocycles. The Kier molecular flexibility index (Phi) is 5.59. The van der Waals surface area contributed by atoms with Crippen LogP contribution in [0.4, 0.5) is 8.78 Å². The number of carbonyl (C=O) groups is 1. The zero-order valence-corrected chi connectivity index (χ0v) is 16.7. The molecule has 1 aromatic carbocycles. The average molecular weight is 453 g/mol. The Hall–Kier alpha value is -2.06. The fraction of sp³-hybridized carbons (Fsp3) is 0.400. The summed E-state index contributed by atoms with van der Waals surface area (Å²) in [6, 6.07) is 3.77. The maximum Gasteiger partial charge on any atom is 0.256 e. The molecule has 0 bridgehead atoms. The number of rotatable bonds is 4. The molecular formula is C20H19BrF2N2O3. The van der Waals surface area contributed by atoms with Crippen LogP contribution >= 0.6 is 15.9 Å². The van der Waals surface area contributed by atoms with Crippen molar-refractivity contribution in [2.75, 3.05) is 19.8 Å². The zero-order valence-electron chi connectivity index (χ0n) is 15.1. The highest BCUT2D eigenvalue weighted by atomic mass is 79.9. The van der Waals surface area contributed by atoms with Gasteiger partial charge in [0, 0.05) is 54.7 Å². The molecule has 0 atom stereocenters. The molecular weight excluding hydrogens is 434 g/mol. The van der Waals surface area contributed by atoms with Gasteiger partial charge < -0.3 is 14.4 Å². The standard InChI is InChI=1S/C20H19BrF2N2O3/c21-13-8-16-18(24-10-13)1-4-25(20(16)26)11-12-7-14(22)9-17(23)19(12)28-15-2-5-27-6-3-15/h7-10,15H,1-6,11H2. The molecule has 0 radical (unpaired) electrons. The molecule has 2 aliphatic rings. The second-order valence-electron chi connectivity index (χ2n) is 6.93. The molecule has 2 aliphatic heterocycles. The lowest BCUT2D eigenvalue weighted by Gasteiger charge is -2.30. The van der Waals surface area contributed by atoms with Crippen molar-refractivity contribution in [2.24, 2.45) is 0 Å². The van der Waals surface area contributed by atoms with Crippen LogP contribution in [0.3, 0.4) is 0 Å². The molecule has 0 spiro atoms. The minimum absolute atomic E-state index is 0.0132. The van der Waals surface area contributed by atoms with Gasteiger partial charge in [-0.05, 0) is 28.1 Å². The van der Waals surface area contributed by atoms with Crippen LogP contribution in [0.1, 0.15) is 34.5 Å². The van der Waals surface area contributed by atoms with E-state index >= 15 is 0 Å². The van der Waals surface area contributed by atoms with Crippen molar-refractivity contribution in [3.63, 3.8) is 0 Å². The Labute approximate surface area is 169 Å². The van der Waals surface area contributed by atoms with Gasteiger partial charge in [0.25, 0.3) is 5.91 Å². The SMILES string of the molecule is O=C1c2cc(Br)cnc2CCN1Cc1cc(F)cc(F)c1OC1CCOCC1. The first-order valence-corrected chi connectivity index (χ1v) is 9.96. The van der Waals surface area contributed by atoms with Gasteiger partial charge >= 0.3 is 0 Å². The van der Waals surface area contributed by atoms with Gasteiger partial charge in [-0.25, -0.2) is 8.78 Å². The Morgan fingerprint density at radius 1 is 1.25 bits per heavy atom. The number of aromatic nitrogens is 1. The lowest BCUT2D eigenvalue weighted by Crippen LogP contribution is -2.37. The van der Waals surface area contributed by atoms with Crippen molar-refractivity contribution in [1.29, 1.82) is 0 Å². The normalized spacial score (nSPS) is 17.5. The van der Waals surface area contributed by atoms with E-state index < -0.39 is 11.6 Å². The highest BCUT2D eigenvalue weighted by molar-refractivity contribution is 9.10. The summed E-state index contributed by atoms with van der Waals surface area (Å²) in [5.41, 5.74) is 1.56. The van der Waals surface area contributed by atoms with Gasteiger partial charge in [-0.2, -0.15) is 0 Å². The van der Waals surface area contributed by atoms with Crippen molar-refractivity contribution < 1.29 is 23.0 Å². The number of nitrogens with zero attached hydrogens (tertiary/aromatic N) is 2. The van der Waals surface area contributed by atoms with Crippen LogP contribution in [-0.4, -0.2) is 41.7 Å². The van der Waals surface area contributed by atoms with E-state index in [-0.39, 0.29) is 24.3 Å². The average Bonchev–Trinajstić information content (AvgIpc) is 2.68. The Morgan fingerprint density at radius 2 is 2.04 bits per heavy atom. The van der Waals surface area contributed by atoms with E-state index in [0.29, 0.717) is 54.6 Å². The van der Waals surface area contributed by atoms with Crippen LogP contribution in [0.2, 0.25) is 0 Å². The number of fused-ring (bicyclic) bond motifs is 1. The molecule has 1 aromatic heterocycles. The molecule has 0 N–H and O–H groups in total. The molecule has 0 unspecified atom stereocenters. The highest BCUT2D eigenvalue weighted by Crippen LogP contribution is 2.30. The van der Waals surface area contributed by atoms with Gasteiger partial charge in [-0.1, -0.05) is 0 Å². The first-order valence-electron chi connectivity index (χ1n) is 9.17. The number of hydrogen-bond donors (Lipinski definition) is 0. The fourth-order valence-corrected chi connectivity index (χ4v) is 3.88. The quantitative estimate of drug-likeness (QED) is 0.706. The van der Waals surface area contributed by atoms with E-state index in [2.05, 4.69) is 20.9 Å². The monoisotopic (exact) mass is 452 g/mol. The number of benzene rings is 1. The molecule has 8 heteroatoms. The van der Waals surface area contributed by atoms with E-state index in [1.165, 1.54) is 6.07 Å². The minimum Gasteiger partial charge on any atom is -0.487 e. The summed E-state index contributed by atoms with van der Waals surface area (Å²) in [5.74, 6) is -1.65. The number of ether oxygens (including phenoxy) is 2. The maximum absolute atomic E-state index is 14.5. The van der Waals surface area contributed by atoms with Crippen molar-refractivity contribution in [2.45, 2.75) is 31.9 Å². The number of amides is 1. The zero-order chi connectivity index (χ0) is 19.7. The first-order chi connectivity index (χ1) is 13.5. The van der Waals surface area contributed by atoms with Crippen LogP contribution in [0.5, 0.6) is 5.75 Å². The van der Waals surface area contributed by atoms with E-state index in [0.717, 1.165) is 11.8 Å². The Bertz CT molecular complexity index is 903. The van der Waals surface area contributed by atoms with Crippen LogP contribution in [-0.2, 0) is 17.7 Å². The first kappa shape index (κ1) is 19.3. The maximum atomic E-state index is 14.5. The fourth-order valence-electron chi connectivity index (χ4n) is 3.54. The second kappa shape index (κ2) is 8.13. The lowest BCUT2D eigenvalue weighted by atomic mass is 10.0. The van der Waals surface area contributed by atoms with Crippen molar-refractivity contribution >= 4 is 21.8 Å². The van der Waals surface area contributed by atoms with Crippen molar-refractivity contribution in [1.82, 2.24) is 9.88 Å². The Balaban J connectivity index is 1.59. The summed E-state index contributed by atoms with van der Waals surface area (Å²) in [7, 11) is 0. The Morgan fingerprint density at radius 3 is 2.82 bits per heavy atom. The molecule has 1 amide bonds. The molecule has 28 heavy (non-hydrogen) atoms.